The molecule has 4 rings (SSSR count). The first-order chi connectivity index (χ1) is 20.0. The Bertz CT molecular complexity index is 1500. The van der Waals surface area contributed by atoms with Gasteiger partial charge in [0.05, 0.1) is 10.6 Å². The number of hydrogen-bond donors (Lipinski definition) is 1. The van der Waals surface area contributed by atoms with Gasteiger partial charge in [-0.3, -0.25) is 13.9 Å². The maximum atomic E-state index is 14.1. The number of benzene rings is 3. The van der Waals surface area contributed by atoms with E-state index in [2.05, 4.69) is 5.32 Å². The number of hydrogen-bond acceptors (Lipinski definition) is 4. The van der Waals surface area contributed by atoms with Crippen molar-refractivity contribution in [1.29, 1.82) is 0 Å². The molecule has 0 aliphatic heterocycles. The molecule has 0 spiro atoms. The molecule has 0 aromatic heterocycles. The summed E-state index contributed by atoms with van der Waals surface area (Å²) in [5.41, 5.74) is 4.20. The van der Waals surface area contributed by atoms with Gasteiger partial charge in [-0.05, 0) is 93.6 Å². The molecule has 1 aliphatic rings. The molecule has 42 heavy (non-hydrogen) atoms. The molecule has 0 unspecified atom stereocenters. The third-order valence-electron chi connectivity index (χ3n) is 8.05. The van der Waals surface area contributed by atoms with Crippen molar-refractivity contribution in [2.45, 2.75) is 83.3 Å². The molecule has 1 aliphatic carbocycles. The number of anilines is 1. The largest absolute Gasteiger partial charge is 0.352 e. The number of rotatable bonds is 10. The lowest BCUT2D eigenvalue weighted by molar-refractivity contribution is -0.139. The first kappa shape index (κ1) is 31.6. The predicted octanol–water partition coefficient (Wildman–Crippen LogP) is 6.33. The Balaban J connectivity index is 1.69. The molecule has 1 fully saturated rings. The van der Waals surface area contributed by atoms with Gasteiger partial charge in [-0.1, -0.05) is 66.8 Å². The highest BCUT2D eigenvalue weighted by molar-refractivity contribution is 7.92. The monoisotopic (exact) mass is 609 g/mol. The lowest BCUT2D eigenvalue weighted by Crippen LogP contribution is -2.53. The maximum Gasteiger partial charge on any atom is 0.264 e. The summed E-state index contributed by atoms with van der Waals surface area (Å²) >= 11 is 6.04. The summed E-state index contributed by atoms with van der Waals surface area (Å²) in [6, 6.07) is 18.2. The molecule has 0 heterocycles. The molecule has 224 valence electrons. The van der Waals surface area contributed by atoms with E-state index in [0.29, 0.717) is 10.7 Å². The van der Waals surface area contributed by atoms with Crippen LogP contribution in [0.3, 0.4) is 0 Å². The van der Waals surface area contributed by atoms with Crippen LogP contribution in [0.4, 0.5) is 5.69 Å². The van der Waals surface area contributed by atoms with Gasteiger partial charge in [-0.15, -0.1) is 0 Å². The van der Waals surface area contributed by atoms with Crippen LogP contribution in [0.15, 0.2) is 71.6 Å². The minimum atomic E-state index is -4.15. The highest BCUT2D eigenvalue weighted by Gasteiger charge is 2.33. The maximum absolute atomic E-state index is 14.1. The Hall–Kier alpha value is -3.36. The van der Waals surface area contributed by atoms with E-state index in [4.69, 9.17) is 11.6 Å². The third kappa shape index (κ3) is 7.72. The molecule has 9 heteroatoms. The molecule has 3 aromatic rings. The number of carbonyl (C=O) groups excluding carboxylic acids is 2. The van der Waals surface area contributed by atoms with E-state index in [-0.39, 0.29) is 23.4 Å². The van der Waals surface area contributed by atoms with E-state index >= 15 is 0 Å². The predicted molar refractivity (Wildman–Crippen MR) is 168 cm³/mol. The minimum Gasteiger partial charge on any atom is -0.352 e. The van der Waals surface area contributed by atoms with Crippen molar-refractivity contribution in [3.05, 3.63) is 94.0 Å². The van der Waals surface area contributed by atoms with Gasteiger partial charge in [-0.2, -0.15) is 0 Å². The summed E-state index contributed by atoms with van der Waals surface area (Å²) in [6.45, 7) is 7.22. The van der Waals surface area contributed by atoms with Crippen LogP contribution in [0.2, 0.25) is 5.02 Å². The number of halogens is 1. The lowest BCUT2D eigenvalue weighted by Gasteiger charge is -2.33. The van der Waals surface area contributed by atoms with Crippen molar-refractivity contribution < 1.29 is 18.0 Å². The van der Waals surface area contributed by atoms with Crippen molar-refractivity contribution in [2.75, 3.05) is 10.8 Å². The molecule has 0 saturated heterocycles. The second-order valence-corrected chi connectivity index (χ2v) is 13.6. The zero-order chi connectivity index (χ0) is 30.4. The van der Waals surface area contributed by atoms with Crippen molar-refractivity contribution >= 4 is 39.1 Å². The molecule has 0 radical (unpaired) electrons. The number of sulfonamides is 1. The Morgan fingerprint density at radius 1 is 0.905 bits per heavy atom. The Kier molecular flexibility index (Phi) is 10.3. The van der Waals surface area contributed by atoms with Crippen LogP contribution in [-0.4, -0.2) is 43.8 Å². The van der Waals surface area contributed by atoms with Crippen LogP contribution in [0.25, 0.3) is 0 Å². The zero-order valence-electron chi connectivity index (χ0n) is 24.8. The highest BCUT2D eigenvalue weighted by atomic mass is 35.5. The van der Waals surface area contributed by atoms with Gasteiger partial charge in [0.15, 0.2) is 0 Å². The lowest BCUT2D eigenvalue weighted by atomic mass is 9.95. The Morgan fingerprint density at radius 3 is 2.17 bits per heavy atom. The van der Waals surface area contributed by atoms with Crippen LogP contribution >= 0.6 is 11.6 Å². The molecule has 2 amide bonds. The van der Waals surface area contributed by atoms with Crippen LogP contribution in [0, 0.1) is 20.8 Å². The summed E-state index contributed by atoms with van der Waals surface area (Å²) in [6.07, 6.45) is 5.14. The highest BCUT2D eigenvalue weighted by Crippen LogP contribution is 2.27. The molecule has 1 atom stereocenters. The van der Waals surface area contributed by atoms with Crippen molar-refractivity contribution in [1.82, 2.24) is 10.2 Å². The average molecular weight is 610 g/mol. The standard InChI is InChI=1S/C33H40ClN3O4S/c1-23-10-13-27(14-11-23)21-36(26(4)33(39)35-29-8-6-5-7-9-29)32(38)22-37(30-17-12-24(2)25(3)20-30)42(40,41)31-18-15-28(34)16-19-31/h10-20,26,29H,5-9,21-22H2,1-4H3,(H,35,39)/t26-/m0/s1. The molecule has 1 N–H and O–H groups in total. The molecular weight excluding hydrogens is 570 g/mol. The van der Waals surface area contributed by atoms with E-state index < -0.39 is 28.5 Å². The van der Waals surface area contributed by atoms with Gasteiger partial charge >= 0.3 is 0 Å². The number of aryl methyl sites for hydroxylation is 3. The summed E-state index contributed by atoms with van der Waals surface area (Å²) in [5.74, 6) is -0.710. The number of nitrogens with zero attached hydrogens (tertiary/aromatic N) is 2. The minimum absolute atomic E-state index is 0.0195. The molecular formula is C33H40ClN3O4S. The molecule has 3 aromatic carbocycles. The topological polar surface area (TPSA) is 86.8 Å². The van der Waals surface area contributed by atoms with Gasteiger partial charge in [0.1, 0.15) is 12.6 Å². The van der Waals surface area contributed by atoms with Crippen LogP contribution in [-0.2, 0) is 26.2 Å². The van der Waals surface area contributed by atoms with E-state index in [1.165, 1.54) is 29.2 Å². The SMILES string of the molecule is Cc1ccc(CN(C(=O)CN(c2ccc(C)c(C)c2)S(=O)(=O)c2ccc(Cl)cc2)[C@@H](C)C(=O)NC2CCCCC2)cc1. The second-order valence-electron chi connectivity index (χ2n) is 11.3. The summed E-state index contributed by atoms with van der Waals surface area (Å²) in [5, 5.41) is 3.54. The van der Waals surface area contributed by atoms with E-state index in [0.717, 1.165) is 58.7 Å². The van der Waals surface area contributed by atoms with Crippen molar-refractivity contribution in [3.63, 3.8) is 0 Å². The van der Waals surface area contributed by atoms with Gasteiger partial charge in [0, 0.05) is 17.6 Å². The first-order valence-electron chi connectivity index (χ1n) is 14.5. The van der Waals surface area contributed by atoms with Gasteiger partial charge in [-0.25, -0.2) is 8.42 Å². The zero-order valence-corrected chi connectivity index (χ0v) is 26.3. The van der Waals surface area contributed by atoms with Gasteiger partial charge in [0.2, 0.25) is 11.8 Å². The summed E-state index contributed by atoms with van der Waals surface area (Å²) in [7, 11) is -4.15. The molecule has 1 saturated carbocycles. The van der Waals surface area contributed by atoms with Crippen LogP contribution in [0.5, 0.6) is 0 Å². The average Bonchev–Trinajstić information content (AvgIpc) is 2.97. The van der Waals surface area contributed by atoms with Gasteiger partial charge in [0.25, 0.3) is 10.0 Å². The van der Waals surface area contributed by atoms with Crippen LogP contribution < -0.4 is 9.62 Å². The van der Waals surface area contributed by atoms with Crippen molar-refractivity contribution in [3.8, 4) is 0 Å². The number of carbonyl (C=O) groups is 2. The first-order valence-corrected chi connectivity index (χ1v) is 16.3. The van der Waals surface area contributed by atoms with Crippen LogP contribution in [0.1, 0.15) is 61.3 Å². The second kappa shape index (κ2) is 13.7. The molecule has 7 nitrogen and oxygen atoms in total. The van der Waals surface area contributed by atoms with E-state index in [1.54, 1.807) is 19.1 Å². The Morgan fingerprint density at radius 2 is 1.55 bits per heavy atom. The summed E-state index contributed by atoms with van der Waals surface area (Å²) < 4.78 is 29.1. The quantitative estimate of drug-likeness (QED) is 0.291. The molecule has 0 bridgehead atoms. The van der Waals surface area contributed by atoms with Gasteiger partial charge < -0.3 is 10.2 Å². The fraction of sp³-hybridized carbons (Fsp3) is 0.394. The fourth-order valence-electron chi connectivity index (χ4n) is 5.18. The van der Waals surface area contributed by atoms with Crippen molar-refractivity contribution in [2.24, 2.45) is 0 Å². The van der Waals surface area contributed by atoms with E-state index in [9.17, 15) is 18.0 Å². The smallest absolute Gasteiger partial charge is 0.264 e. The third-order valence-corrected chi connectivity index (χ3v) is 10.1. The van der Waals surface area contributed by atoms with E-state index in [1.807, 2.05) is 51.1 Å². The fourth-order valence-corrected chi connectivity index (χ4v) is 6.72. The Labute approximate surface area is 254 Å². The number of amides is 2. The normalized spacial score (nSPS) is 14.7. The summed E-state index contributed by atoms with van der Waals surface area (Å²) in [4.78, 5) is 29.1. The number of nitrogens with one attached hydrogen (secondary N) is 1.